The SMILES string of the molecule is CC1CN(c2cc(C#N)c3cc([N+](=O)[O-])ccc3n2)CCN1CC(F)(F)F. The number of hydrogen-bond donors (Lipinski definition) is 0. The normalized spacial score (nSPS) is 18.5. The van der Waals surface area contributed by atoms with Crippen LogP contribution in [0.15, 0.2) is 24.3 Å². The summed E-state index contributed by atoms with van der Waals surface area (Å²) in [6.45, 7) is 1.67. The predicted octanol–water partition coefficient (Wildman–Crippen LogP) is 3.09. The van der Waals surface area contributed by atoms with Gasteiger partial charge in [0, 0.05) is 43.2 Å². The molecular formula is C17H16F3N5O2. The number of nitrogens with zero attached hydrogens (tertiary/aromatic N) is 5. The van der Waals surface area contributed by atoms with E-state index in [-0.39, 0.29) is 23.8 Å². The van der Waals surface area contributed by atoms with E-state index in [9.17, 15) is 28.5 Å². The van der Waals surface area contributed by atoms with Gasteiger partial charge in [-0.05, 0) is 19.1 Å². The van der Waals surface area contributed by atoms with Crippen molar-refractivity contribution in [3.63, 3.8) is 0 Å². The first-order valence-corrected chi connectivity index (χ1v) is 8.23. The van der Waals surface area contributed by atoms with Gasteiger partial charge in [-0.15, -0.1) is 0 Å². The van der Waals surface area contributed by atoms with Crippen LogP contribution in [0.4, 0.5) is 24.7 Å². The minimum Gasteiger partial charge on any atom is -0.354 e. The third kappa shape index (κ3) is 4.09. The summed E-state index contributed by atoms with van der Waals surface area (Å²) >= 11 is 0. The number of anilines is 1. The quantitative estimate of drug-likeness (QED) is 0.602. The molecule has 7 nitrogen and oxygen atoms in total. The second-order valence-electron chi connectivity index (χ2n) is 6.48. The van der Waals surface area contributed by atoms with Gasteiger partial charge in [0.05, 0.1) is 28.6 Å². The largest absolute Gasteiger partial charge is 0.401 e. The molecule has 0 saturated carbocycles. The van der Waals surface area contributed by atoms with Crippen LogP contribution in [0.25, 0.3) is 10.9 Å². The standard InChI is InChI=1S/C17H16F3N5O2/c1-11-9-23(4-5-24(11)10-17(18,19)20)16-6-12(8-21)14-7-13(25(26)27)2-3-15(14)22-16/h2-3,6-7,11H,4-5,9-10H2,1H3. The number of hydrogen-bond acceptors (Lipinski definition) is 6. The lowest BCUT2D eigenvalue weighted by Gasteiger charge is -2.40. The van der Waals surface area contributed by atoms with Crippen molar-refractivity contribution in [1.29, 1.82) is 5.26 Å². The first-order chi connectivity index (χ1) is 12.7. The molecule has 0 radical (unpaired) electrons. The minimum atomic E-state index is -4.25. The van der Waals surface area contributed by atoms with Crippen LogP contribution in [0.1, 0.15) is 12.5 Å². The maximum Gasteiger partial charge on any atom is 0.401 e. The molecule has 0 spiro atoms. The summed E-state index contributed by atoms with van der Waals surface area (Å²) in [6, 6.07) is 7.29. The maximum atomic E-state index is 12.6. The molecule has 142 valence electrons. The predicted molar refractivity (Wildman–Crippen MR) is 92.4 cm³/mol. The maximum absolute atomic E-state index is 12.6. The highest BCUT2D eigenvalue weighted by molar-refractivity contribution is 5.88. The van der Waals surface area contributed by atoms with Crippen LogP contribution in [0, 0.1) is 21.4 Å². The number of nitriles is 1. The van der Waals surface area contributed by atoms with Crippen molar-refractivity contribution in [2.45, 2.75) is 19.1 Å². The number of nitro groups is 1. The summed E-state index contributed by atoms with van der Waals surface area (Å²) < 4.78 is 37.9. The van der Waals surface area contributed by atoms with Crippen LogP contribution in [0.2, 0.25) is 0 Å². The summed E-state index contributed by atoms with van der Waals surface area (Å²) in [4.78, 5) is 18.0. The van der Waals surface area contributed by atoms with E-state index in [0.29, 0.717) is 29.8 Å². The van der Waals surface area contributed by atoms with Crippen molar-refractivity contribution in [3.8, 4) is 6.07 Å². The van der Waals surface area contributed by atoms with Gasteiger partial charge in [0.25, 0.3) is 5.69 Å². The number of piperazine rings is 1. The van der Waals surface area contributed by atoms with Crippen LogP contribution in [-0.4, -0.2) is 53.2 Å². The van der Waals surface area contributed by atoms with Gasteiger partial charge in [-0.2, -0.15) is 18.4 Å². The van der Waals surface area contributed by atoms with E-state index >= 15 is 0 Å². The number of halogens is 3. The Bertz CT molecular complexity index is 925. The number of aromatic nitrogens is 1. The molecule has 1 fully saturated rings. The number of nitro benzene ring substituents is 1. The molecule has 3 rings (SSSR count). The lowest BCUT2D eigenvalue weighted by Crippen LogP contribution is -2.54. The molecule has 10 heteroatoms. The van der Waals surface area contributed by atoms with Gasteiger partial charge in [0.1, 0.15) is 5.82 Å². The summed E-state index contributed by atoms with van der Waals surface area (Å²) in [7, 11) is 0. The molecule has 1 aliphatic heterocycles. The number of non-ortho nitro benzene ring substituents is 1. The zero-order valence-electron chi connectivity index (χ0n) is 14.4. The van der Waals surface area contributed by atoms with Gasteiger partial charge in [0.2, 0.25) is 0 Å². The minimum absolute atomic E-state index is 0.136. The van der Waals surface area contributed by atoms with Gasteiger partial charge < -0.3 is 4.90 Å². The zero-order valence-corrected chi connectivity index (χ0v) is 14.4. The lowest BCUT2D eigenvalue weighted by atomic mass is 10.1. The first kappa shape index (κ1) is 18.8. The van der Waals surface area contributed by atoms with Gasteiger partial charge in [0.15, 0.2) is 0 Å². The second kappa shape index (κ2) is 7.00. The average molecular weight is 379 g/mol. The van der Waals surface area contributed by atoms with E-state index < -0.39 is 17.6 Å². The first-order valence-electron chi connectivity index (χ1n) is 8.23. The molecule has 1 aromatic carbocycles. The number of fused-ring (bicyclic) bond motifs is 1. The summed E-state index contributed by atoms with van der Waals surface area (Å²) in [5.41, 5.74) is 0.534. The molecular weight excluding hydrogens is 363 g/mol. The van der Waals surface area contributed by atoms with Crippen molar-refractivity contribution in [2.24, 2.45) is 0 Å². The molecule has 0 aliphatic carbocycles. The molecule has 1 unspecified atom stereocenters. The fourth-order valence-electron chi connectivity index (χ4n) is 3.24. The van der Waals surface area contributed by atoms with Crippen LogP contribution in [0.3, 0.4) is 0 Å². The second-order valence-corrected chi connectivity index (χ2v) is 6.48. The number of pyridine rings is 1. The van der Waals surface area contributed by atoms with Gasteiger partial charge in [-0.25, -0.2) is 4.98 Å². The zero-order chi connectivity index (χ0) is 19.8. The molecule has 1 atom stereocenters. The van der Waals surface area contributed by atoms with Crippen molar-refractivity contribution in [1.82, 2.24) is 9.88 Å². The Labute approximate surface area is 152 Å². The summed E-state index contributed by atoms with van der Waals surface area (Å²) in [5.74, 6) is 0.478. The van der Waals surface area contributed by atoms with E-state index in [0.717, 1.165) is 0 Å². The van der Waals surface area contributed by atoms with E-state index in [1.165, 1.54) is 29.2 Å². The molecule has 0 bridgehead atoms. The Balaban J connectivity index is 1.89. The Morgan fingerprint density at radius 2 is 2.11 bits per heavy atom. The van der Waals surface area contributed by atoms with E-state index in [1.807, 2.05) is 11.0 Å². The topological polar surface area (TPSA) is 86.3 Å². The third-order valence-corrected chi connectivity index (χ3v) is 4.58. The van der Waals surface area contributed by atoms with Crippen LogP contribution < -0.4 is 4.90 Å². The molecule has 2 aromatic rings. The number of rotatable bonds is 3. The highest BCUT2D eigenvalue weighted by atomic mass is 19.4. The Hall–Kier alpha value is -2.93. The van der Waals surface area contributed by atoms with Crippen molar-refractivity contribution < 1.29 is 18.1 Å². The van der Waals surface area contributed by atoms with Gasteiger partial charge in [-0.3, -0.25) is 15.0 Å². The third-order valence-electron chi connectivity index (χ3n) is 4.58. The molecule has 1 aromatic heterocycles. The molecule has 1 aliphatic rings. The highest BCUT2D eigenvalue weighted by Crippen LogP contribution is 2.28. The van der Waals surface area contributed by atoms with Crippen molar-refractivity contribution >= 4 is 22.4 Å². The van der Waals surface area contributed by atoms with Gasteiger partial charge >= 0.3 is 6.18 Å². The number of alkyl halides is 3. The van der Waals surface area contributed by atoms with E-state index in [1.54, 1.807) is 6.92 Å². The summed E-state index contributed by atoms with van der Waals surface area (Å²) in [6.07, 6.45) is -4.25. The smallest absolute Gasteiger partial charge is 0.354 e. The molecule has 0 N–H and O–H groups in total. The number of benzene rings is 1. The highest BCUT2D eigenvalue weighted by Gasteiger charge is 2.35. The van der Waals surface area contributed by atoms with Crippen LogP contribution >= 0.6 is 0 Å². The van der Waals surface area contributed by atoms with Crippen molar-refractivity contribution in [2.75, 3.05) is 31.1 Å². The van der Waals surface area contributed by atoms with E-state index in [4.69, 9.17) is 0 Å². The molecule has 0 amide bonds. The summed E-state index contributed by atoms with van der Waals surface area (Å²) in [5, 5.41) is 20.7. The Morgan fingerprint density at radius 1 is 1.37 bits per heavy atom. The van der Waals surface area contributed by atoms with E-state index in [2.05, 4.69) is 4.98 Å². The van der Waals surface area contributed by atoms with Crippen molar-refractivity contribution in [3.05, 3.63) is 39.9 Å². The van der Waals surface area contributed by atoms with Crippen LogP contribution in [0.5, 0.6) is 0 Å². The molecule has 2 heterocycles. The van der Waals surface area contributed by atoms with Crippen LogP contribution in [-0.2, 0) is 0 Å². The molecule has 1 saturated heterocycles. The molecule has 27 heavy (non-hydrogen) atoms. The Kier molecular flexibility index (Phi) is 4.89. The lowest BCUT2D eigenvalue weighted by molar-refractivity contribution is -0.384. The average Bonchev–Trinajstić information content (AvgIpc) is 2.60. The van der Waals surface area contributed by atoms with Gasteiger partial charge in [-0.1, -0.05) is 0 Å². The monoisotopic (exact) mass is 379 g/mol. The fraction of sp³-hybridized carbons (Fsp3) is 0.412. The Morgan fingerprint density at radius 3 is 2.70 bits per heavy atom. The fourth-order valence-corrected chi connectivity index (χ4v) is 3.24.